The maximum Gasteiger partial charge on any atom is 2.00 e. The minimum atomic E-state index is -2.64. The van der Waals surface area contributed by atoms with Gasteiger partial charge in [-0.25, -0.2) is 0 Å². The van der Waals surface area contributed by atoms with Crippen molar-refractivity contribution >= 4 is 16.5 Å². The van der Waals surface area contributed by atoms with Crippen LogP contribution in [0.5, 0.6) is 0 Å². The largest absolute Gasteiger partial charge is 2.00 e. The Morgan fingerprint density at radius 1 is 0.455 bits per heavy atom. The van der Waals surface area contributed by atoms with E-state index in [4.69, 9.17) is 0 Å². The normalized spacial score (nSPS) is 11.4. The van der Waals surface area contributed by atoms with E-state index in [1.165, 1.54) is 103 Å². The quantitative estimate of drug-likeness (QED) is 0.0899. The van der Waals surface area contributed by atoms with Crippen molar-refractivity contribution in [3.63, 3.8) is 0 Å². The van der Waals surface area contributed by atoms with Crippen LogP contribution in [0.1, 0.15) is 142 Å². The summed E-state index contributed by atoms with van der Waals surface area (Å²) in [5, 5.41) is 0. The van der Waals surface area contributed by atoms with Gasteiger partial charge >= 0.3 is 33.9 Å². The van der Waals surface area contributed by atoms with E-state index < -0.39 is 16.5 Å². The van der Waals surface area contributed by atoms with Gasteiger partial charge in [0.25, 0.3) is 0 Å². The molecule has 0 amide bonds. The minimum Gasteiger partial charge on any atom is -0.566 e. The van der Waals surface area contributed by atoms with Crippen LogP contribution in [0.3, 0.4) is 0 Å². The third-order valence-electron chi connectivity index (χ3n) is 5.39. The van der Waals surface area contributed by atoms with E-state index in [1.807, 2.05) is 0 Å². The molecule has 0 N–H and O–H groups in total. The van der Waals surface area contributed by atoms with Gasteiger partial charge in [0.2, 0.25) is 0 Å². The molecule has 0 radical (unpaired) electrons. The van der Waals surface area contributed by atoms with Gasteiger partial charge in [0.05, 0.1) is 0 Å². The van der Waals surface area contributed by atoms with Crippen LogP contribution in [-0.2, 0) is 35.5 Å². The van der Waals surface area contributed by atoms with Crippen molar-refractivity contribution in [3.05, 3.63) is 0 Å². The summed E-state index contributed by atoms with van der Waals surface area (Å²) >= 11 is 0. The molecule has 0 saturated carbocycles. The molecule has 0 fully saturated rings. The second-order valence-corrected chi connectivity index (χ2v) is 9.89. The molecule has 0 rings (SSSR count). The minimum absolute atomic E-state index is 0. The summed E-state index contributed by atoms with van der Waals surface area (Å²) in [6.07, 6.45) is 25.0. The smallest absolute Gasteiger partial charge is 0.566 e. The van der Waals surface area contributed by atoms with Crippen molar-refractivity contribution in [3.8, 4) is 0 Å². The predicted octanol–water partition coefficient (Wildman–Crippen LogP) is 7.88. The molecule has 0 aliphatic heterocycles. The van der Waals surface area contributed by atoms with Gasteiger partial charge in [-0.15, -0.1) is 9.05 Å². The van der Waals surface area contributed by atoms with Gasteiger partial charge < -0.3 is 9.79 Å². The molecule has 2 atom stereocenters. The van der Waals surface area contributed by atoms with Crippen LogP contribution >= 0.6 is 16.5 Å². The van der Waals surface area contributed by atoms with Crippen LogP contribution in [0.15, 0.2) is 0 Å². The van der Waals surface area contributed by atoms with Gasteiger partial charge in [-0.2, -0.15) is 0 Å². The number of unbranched alkanes of at least 4 members (excludes halogenated alkanes) is 18. The monoisotopic (exact) mass is 548 g/mol. The van der Waals surface area contributed by atoms with Gasteiger partial charge in [-0.05, 0) is 22.0 Å². The molecule has 0 aliphatic carbocycles. The zero-order valence-electron chi connectivity index (χ0n) is 21.3. The third-order valence-corrected chi connectivity index (χ3v) is 6.18. The summed E-state index contributed by atoms with van der Waals surface area (Å²) in [5.41, 5.74) is 0. The Balaban J connectivity index is -0.000000529. The Hall–Kier alpha value is 0.572. The molecule has 9 heteroatoms. The number of hydrogen-bond donors (Lipinski definition) is 0. The molecule has 0 spiro atoms. The average Bonchev–Trinajstić information content (AvgIpc) is 2.76. The standard InChI is InChI=1S/2C12H25O3P.Cr/c2*1-2-3-4-5-6-7-8-9-10-11-12-15-16(13)14;/h2*2-12H2,1H3;/q;;+2. The molecule has 0 bridgehead atoms. The summed E-state index contributed by atoms with van der Waals surface area (Å²) < 4.78 is 29.1. The molecule has 196 valence electrons. The second-order valence-electron chi connectivity index (χ2n) is 8.48. The van der Waals surface area contributed by atoms with Crippen LogP contribution < -0.4 is 9.79 Å². The van der Waals surface area contributed by atoms with Gasteiger partial charge in [-0.1, -0.05) is 129 Å². The van der Waals surface area contributed by atoms with Gasteiger partial charge in [0.1, 0.15) is 13.2 Å². The van der Waals surface area contributed by atoms with Crippen molar-refractivity contribution in [2.75, 3.05) is 13.2 Å². The molecule has 2 unspecified atom stereocenters. The van der Waals surface area contributed by atoms with Crippen LogP contribution in [-0.4, -0.2) is 13.2 Å². The van der Waals surface area contributed by atoms with E-state index in [0.717, 1.165) is 25.7 Å². The summed E-state index contributed by atoms with van der Waals surface area (Å²) in [6.45, 7) is 5.18. The molecular weight excluding hydrogens is 498 g/mol. The van der Waals surface area contributed by atoms with Crippen LogP contribution in [0, 0.1) is 0 Å². The fraction of sp³-hybridized carbons (Fsp3) is 1.00. The Kier molecular flexibility index (Phi) is 40.1. The first-order valence-corrected chi connectivity index (χ1v) is 15.3. The second kappa shape index (κ2) is 34.7. The van der Waals surface area contributed by atoms with Crippen LogP contribution in [0.25, 0.3) is 0 Å². The number of rotatable bonds is 24. The average molecular weight is 549 g/mol. The summed E-state index contributed by atoms with van der Waals surface area (Å²) in [4.78, 5) is 20.1. The van der Waals surface area contributed by atoms with Crippen molar-refractivity contribution in [1.29, 1.82) is 0 Å². The van der Waals surface area contributed by atoms with E-state index in [2.05, 4.69) is 22.9 Å². The SMILES string of the molecule is CCCCCCCCCCCCO[P+](=O)[O-].CCCCCCCCCCCCO[P+](=O)[O-].[Cr+2]. The fourth-order valence-electron chi connectivity index (χ4n) is 3.46. The molecule has 6 nitrogen and oxygen atoms in total. The molecule has 0 heterocycles. The van der Waals surface area contributed by atoms with E-state index in [0.29, 0.717) is 13.2 Å². The summed E-state index contributed by atoms with van der Waals surface area (Å²) in [6, 6.07) is 0. The summed E-state index contributed by atoms with van der Waals surface area (Å²) in [7, 11) is -5.27. The fourth-order valence-corrected chi connectivity index (χ4v) is 4.01. The van der Waals surface area contributed by atoms with Gasteiger partial charge in [0, 0.05) is 0 Å². The van der Waals surface area contributed by atoms with E-state index in [1.54, 1.807) is 0 Å². The van der Waals surface area contributed by atoms with Crippen LogP contribution in [0.4, 0.5) is 0 Å². The molecular formula is C24H50CrO6P2+2. The Labute approximate surface area is 217 Å². The molecule has 0 aromatic heterocycles. The Morgan fingerprint density at radius 3 is 0.879 bits per heavy atom. The maximum atomic E-state index is 10.1. The van der Waals surface area contributed by atoms with Crippen molar-refractivity contribution < 1.29 is 45.3 Å². The molecule has 0 aliphatic rings. The van der Waals surface area contributed by atoms with Gasteiger partial charge in [0.15, 0.2) is 0 Å². The Morgan fingerprint density at radius 2 is 0.667 bits per heavy atom. The molecule has 0 saturated heterocycles. The van der Waals surface area contributed by atoms with E-state index in [9.17, 15) is 18.9 Å². The van der Waals surface area contributed by atoms with Crippen LogP contribution in [0.2, 0.25) is 0 Å². The van der Waals surface area contributed by atoms with E-state index >= 15 is 0 Å². The molecule has 0 aromatic rings. The first kappa shape index (κ1) is 38.1. The Bertz CT molecular complexity index is 367. The zero-order chi connectivity index (χ0) is 24.1. The predicted molar refractivity (Wildman–Crippen MR) is 131 cm³/mol. The summed E-state index contributed by atoms with van der Waals surface area (Å²) in [5.74, 6) is 0. The molecule has 33 heavy (non-hydrogen) atoms. The third kappa shape index (κ3) is 43.1. The first-order valence-electron chi connectivity index (χ1n) is 13.1. The topological polar surface area (TPSA) is 98.7 Å². The van der Waals surface area contributed by atoms with Crippen molar-refractivity contribution in [2.45, 2.75) is 142 Å². The number of hydrogen-bond acceptors (Lipinski definition) is 6. The van der Waals surface area contributed by atoms with Gasteiger partial charge in [-0.3, -0.25) is 0 Å². The molecule has 0 aromatic carbocycles. The zero-order valence-corrected chi connectivity index (χ0v) is 24.4. The first-order chi connectivity index (χ1) is 15.5. The maximum absolute atomic E-state index is 10.1. The van der Waals surface area contributed by atoms with Crippen molar-refractivity contribution in [2.24, 2.45) is 0 Å². The van der Waals surface area contributed by atoms with Crippen molar-refractivity contribution in [1.82, 2.24) is 0 Å². The van der Waals surface area contributed by atoms with E-state index in [-0.39, 0.29) is 17.4 Å².